The van der Waals surface area contributed by atoms with Crippen molar-refractivity contribution in [3.05, 3.63) is 64.7 Å². The highest BCUT2D eigenvalue weighted by Gasteiger charge is 2.30. The third-order valence-corrected chi connectivity index (χ3v) is 3.37. The molecule has 0 aliphatic heterocycles. The summed E-state index contributed by atoms with van der Waals surface area (Å²) in [5.41, 5.74) is 0.922. The zero-order chi connectivity index (χ0) is 17.2. The Morgan fingerprint density at radius 2 is 1.52 bits per heavy atom. The Bertz CT molecular complexity index is 749. The van der Waals surface area contributed by atoms with Gasteiger partial charge in [-0.15, -0.1) is 0 Å². The first kappa shape index (κ1) is 16.7. The van der Waals surface area contributed by atoms with Crippen molar-refractivity contribution in [1.82, 2.24) is 0 Å². The first-order valence-corrected chi connectivity index (χ1v) is 6.78. The van der Waals surface area contributed by atoms with Crippen LogP contribution in [0.15, 0.2) is 42.5 Å². The van der Waals surface area contributed by atoms with Crippen molar-refractivity contribution in [1.29, 1.82) is 0 Å². The van der Waals surface area contributed by atoms with Crippen molar-refractivity contribution in [2.45, 2.75) is 20.0 Å². The lowest BCUT2D eigenvalue weighted by Gasteiger charge is -2.11. The Labute approximate surface area is 131 Å². The van der Waals surface area contributed by atoms with E-state index >= 15 is 0 Å². The summed E-state index contributed by atoms with van der Waals surface area (Å²) in [6, 6.07) is 8.82. The molecule has 0 aliphatic carbocycles. The number of Topliss-reactive ketones (excluding diaryl/α,β-unsaturated/α-hetero) is 1. The van der Waals surface area contributed by atoms with Crippen LogP contribution in [0, 0.1) is 6.92 Å². The van der Waals surface area contributed by atoms with E-state index < -0.39 is 17.6 Å². The number of nitrogens with one attached hydrogen (secondary N) is 1. The predicted octanol–water partition coefficient (Wildman–Crippen LogP) is 4.47. The lowest BCUT2D eigenvalue weighted by molar-refractivity contribution is -0.137. The van der Waals surface area contributed by atoms with Crippen LogP contribution >= 0.6 is 0 Å². The minimum atomic E-state index is -4.44. The molecular weight excluding hydrogens is 307 g/mol. The predicted molar refractivity (Wildman–Crippen MR) is 80.6 cm³/mol. The maximum atomic E-state index is 12.5. The second-order valence-corrected chi connectivity index (χ2v) is 5.12. The number of hydrogen-bond donors (Lipinski definition) is 1. The van der Waals surface area contributed by atoms with E-state index in [1.165, 1.54) is 6.92 Å². The van der Waals surface area contributed by atoms with E-state index in [1.807, 2.05) is 0 Å². The fraction of sp³-hybridized carbons (Fsp3) is 0.176. The summed E-state index contributed by atoms with van der Waals surface area (Å²) in [4.78, 5) is 23.5. The van der Waals surface area contributed by atoms with Crippen molar-refractivity contribution in [3.63, 3.8) is 0 Å². The van der Waals surface area contributed by atoms with Crippen molar-refractivity contribution in [2.24, 2.45) is 0 Å². The van der Waals surface area contributed by atoms with E-state index in [-0.39, 0.29) is 11.3 Å². The zero-order valence-corrected chi connectivity index (χ0v) is 12.5. The second kappa shape index (κ2) is 6.24. The fourth-order valence-electron chi connectivity index (χ4n) is 1.98. The number of aryl methyl sites for hydroxylation is 1. The summed E-state index contributed by atoms with van der Waals surface area (Å²) >= 11 is 0. The molecule has 0 bridgehead atoms. The number of benzene rings is 2. The molecule has 0 atom stereocenters. The molecule has 0 spiro atoms. The molecule has 2 rings (SSSR count). The van der Waals surface area contributed by atoms with E-state index in [0.717, 1.165) is 29.8 Å². The molecule has 120 valence electrons. The van der Waals surface area contributed by atoms with Gasteiger partial charge in [0.2, 0.25) is 0 Å². The number of anilines is 1. The molecule has 2 aromatic carbocycles. The molecule has 23 heavy (non-hydrogen) atoms. The van der Waals surface area contributed by atoms with Gasteiger partial charge in [0, 0.05) is 16.8 Å². The zero-order valence-electron chi connectivity index (χ0n) is 12.5. The topological polar surface area (TPSA) is 46.2 Å². The molecule has 0 saturated heterocycles. The molecular formula is C17H14F3NO2. The molecule has 1 amide bonds. The van der Waals surface area contributed by atoms with E-state index in [4.69, 9.17) is 0 Å². The van der Waals surface area contributed by atoms with Gasteiger partial charge in [-0.05, 0) is 49.7 Å². The van der Waals surface area contributed by atoms with Gasteiger partial charge in [-0.25, -0.2) is 0 Å². The maximum Gasteiger partial charge on any atom is 0.416 e. The molecule has 0 aromatic heterocycles. The molecule has 0 fully saturated rings. The van der Waals surface area contributed by atoms with Gasteiger partial charge in [0.15, 0.2) is 5.78 Å². The van der Waals surface area contributed by atoms with Crippen molar-refractivity contribution >= 4 is 17.4 Å². The van der Waals surface area contributed by atoms with Gasteiger partial charge in [-0.1, -0.05) is 12.1 Å². The van der Waals surface area contributed by atoms with Gasteiger partial charge in [-0.2, -0.15) is 13.2 Å². The number of hydrogen-bond acceptors (Lipinski definition) is 2. The molecule has 0 saturated carbocycles. The molecule has 2 aromatic rings. The number of carbonyl (C=O) groups excluding carboxylic acids is 2. The number of carbonyl (C=O) groups is 2. The van der Waals surface area contributed by atoms with E-state index in [1.54, 1.807) is 25.1 Å². The van der Waals surface area contributed by atoms with Crippen LogP contribution in [0.2, 0.25) is 0 Å². The minimum absolute atomic E-state index is 0.102. The third kappa shape index (κ3) is 3.97. The Kier molecular flexibility index (Phi) is 4.54. The second-order valence-electron chi connectivity index (χ2n) is 5.12. The highest BCUT2D eigenvalue weighted by Crippen LogP contribution is 2.29. The van der Waals surface area contributed by atoms with Gasteiger partial charge in [0.1, 0.15) is 0 Å². The van der Waals surface area contributed by atoms with Crippen LogP contribution in [0.1, 0.15) is 38.8 Å². The van der Waals surface area contributed by atoms with Crippen molar-refractivity contribution in [3.8, 4) is 0 Å². The van der Waals surface area contributed by atoms with Crippen LogP contribution in [-0.4, -0.2) is 11.7 Å². The average molecular weight is 321 g/mol. The molecule has 0 heterocycles. The number of rotatable bonds is 3. The third-order valence-electron chi connectivity index (χ3n) is 3.37. The van der Waals surface area contributed by atoms with Crippen LogP contribution in [0.3, 0.4) is 0 Å². The van der Waals surface area contributed by atoms with Crippen LogP contribution in [0.5, 0.6) is 0 Å². The number of halogens is 3. The van der Waals surface area contributed by atoms with E-state index in [2.05, 4.69) is 5.32 Å². The van der Waals surface area contributed by atoms with Gasteiger partial charge < -0.3 is 5.32 Å². The van der Waals surface area contributed by atoms with Gasteiger partial charge >= 0.3 is 6.18 Å². The van der Waals surface area contributed by atoms with Gasteiger partial charge in [0.05, 0.1) is 5.56 Å². The average Bonchev–Trinajstić information content (AvgIpc) is 2.48. The van der Waals surface area contributed by atoms with E-state index in [9.17, 15) is 22.8 Å². The van der Waals surface area contributed by atoms with Gasteiger partial charge in [0.25, 0.3) is 5.91 Å². The first-order valence-electron chi connectivity index (χ1n) is 6.78. The molecule has 3 nitrogen and oxygen atoms in total. The lowest BCUT2D eigenvalue weighted by atomic mass is 10.1. The largest absolute Gasteiger partial charge is 0.416 e. The SMILES string of the molecule is CC(=O)c1ccc(C)c(NC(=O)c2ccc(C(F)(F)F)cc2)c1. The first-order chi connectivity index (χ1) is 10.7. The van der Waals surface area contributed by atoms with Crippen LogP contribution in [0.25, 0.3) is 0 Å². The Morgan fingerprint density at radius 3 is 2.04 bits per heavy atom. The standard InChI is InChI=1S/C17H14F3NO2/c1-10-3-4-13(11(2)22)9-15(10)21-16(23)12-5-7-14(8-6-12)17(18,19)20/h3-9H,1-2H3,(H,21,23). The summed E-state index contributed by atoms with van der Waals surface area (Å²) in [5, 5.41) is 2.61. The molecule has 6 heteroatoms. The molecule has 1 N–H and O–H groups in total. The lowest BCUT2D eigenvalue weighted by Crippen LogP contribution is -2.14. The summed E-state index contributed by atoms with van der Waals surface area (Å²) in [5.74, 6) is -0.683. The Balaban J connectivity index is 2.22. The number of ketones is 1. The van der Waals surface area contributed by atoms with Crippen molar-refractivity contribution in [2.75, 3.05) is 5.32 Å². The van der Waals surface area contributed by atoms with E-state index in [0.29, 0.717) is 11.3 Å². The number of alkyl halides is 3. The molecule has 0 radical (unpaired) electrons. The summed E-state index contributed by atoms with van der Waals surface area (Å²) < 4.78 is 37.5. The fourth-order valence-corrected chi connectivity index (χ4v) is 1.98. The highest BCUT2D eigenvalue weighted by molar-refractivity contribution is 6.05. The van der Waals surface area contributed by atoms with Crippen LogP contribution < -0.4 is 5.32 Å². The highest BCUT2D eigenvalue weighted by atomic mass is 19.4. The summed E-state index contributed by atoms with van der Waals surface area (Å²) in [7, 11) is 0. The summed E-state index contributed by atoms with van der Waals surface area (Å²) in [6.07, 6.45) is -4.44. The van der Waals surface area contributed by atoms with Crippen LogP contribution in [0.4, 0.5) is 18.9 Å². The Hall–Kier alpha value is -2.63. The number of amides is 1. The van der Waals surface area contributed by atoms with Crippen molar-refractivity contribution < 1.29 is 22.8 Å². The summed E-state index contributed by atoms with van der Waals surface area (Å²) in [6.45, 7) is 3.17. The molecule has 0 unspecified atom stereocenters. The van der Waals surface area contributed by atoms with Gasteiger partial charge in [-0.3, -0.25) is 9.59 Å². The minimum Gasteiger partial charge on any atom is -0.322 e. The van der Waals surface area contributed by atoms with Crippen LogP contribution in [-0.2, 0) is 6.18 Å². The molecule has 0 aliphatic rings. The maximum absolute atomic E-state index is 12.5. The Morgan fingerprint density at radius 1 is 0.957 bits per heavy atom. The smallest absolute Gasteiger partial charge is 0.322 e. The monoisotopic (exact) mass is 321 g/mol. The quantitative estimate of drug-likeness (QED) is 0.848. The normalized spacial score (nSPS) is 11.2.